The number of hydrogen-bond acceptors (Lipinski definition) is 3. The number of aliphatic hydroxyl groups is 1. The number of carboxylic acid groups (broad SMARTS) is 1. The third kappa shape index (κ3) is 2.67. The van der Waals surface area contributed by atoms with Gasteiger partial charge in [-0.2, -0.15) is 0 Å². The highest BCUT2D eigenvalue weighted by Crippen LogP contribution is 2.25. The Morgan fingerprint density at radius 1 is 1.62 bits per heavy atom. The summed E-state index contributed by atoms with van der Waals surface area (Å²) in [6.45, 7) is 1.79. The van der Waals surface area contributed by atoms with Crippen LogP contribution >= 0.6 is 0 Å². The normalized spacial score (nSPS) is 30.3. The van der Waals surface area contributed by atoms with Crippen LogP contribution in [0.2, 0.25) is 0 Å². The molecule has 0 aliphatic heterocycles. The molecule has 1 saturated carbocycles. The van der Waals surface area contributed by atoms with E-state index < -0.39 is 12.0 Å². The first-order chi connectivity index (χ1) is 6.15. The molecular weight excluding hydrogens is 170 g/mol. The van der Waals surface area contributed by atoms with Gasteiger partial charge in [0.05, 0.1) is 0 Å². The zero-order valence-electron chi connectivity index (χ0n) is 7.86. The Morgan fingerprint density at radius 2 is 2.31 bits per heavy atom. The molecule has 76 valence electrons. The summed E-state index contributed by atoms with van der Waals surface area (Å²) in [5.74, 6) is -0.592. The highest BCUT2D eigenvalue weighted by atomic mass is 16.4. The summed E-state index contributed by atoms with van der Waals surface area (Å²) in [6.07, 6.45) is 3.05. The Hall–Kier alpha value is -0.610. The fourth-order valence-electron chi connectivity index (χ4n) is 1.87. The van der Waals surface area contributed by atoms with E-state index in [1.54, 1.807) is 6.92 Å². The molecule has 13 heavy (non-hydrogen) atoms. The molecule has 3 N–H and O–H groups in total. The smallest absolute Gasteiger partial charge is 0.320 e. The molecular formula is C9H17NO3. The third-order valence-corrected chi connectivity index (χ3v) is 2.73. The van der Waals surface area contributed by atoms with Gasteiger partial charge in [0.2, 0.25) is 0 Å². The summed E-state index contributed by atoms with van der Waals surface area (Å²) < 4.78 is 0. The maximum Gasteiger partial charge on any atom is 0.320 e. The van der Waals surface area contributed by atoms with Gasteiger partial charge in [0.1, 0.15) is 6.04 Å². The van der Waals surface area contributed by atoms with E-state index in [-0.39, 0.29) is 18.6 Å². The first kappa shape index (κ1) is 10.5. The fourth-order valence-corrected chi connectivity index (χ4v) is 1.87. The summed E-state index contributed by atoms with van der Waals surface area (Å²) in [6, 6.07) is -0.340. The second-order valence-electron chi connectivity index (χ2n) is 3.71. The van der Waals surface area contributed by atoms with Crippen LogP contribution in [-0.2, 0) is 4.79 Å². The van der Waals surface area contributed by atoms with Crippen molar-refractivity contribution in [2.75, 3.05) is 6.61 Å². The van der Waals surface area contributed by atoms with Crippen LogP contribution in [0.15, 0.2) is 0 Å². The lowest BCUT2D eigenvalue weighted by atomic mass is 10.0. The van der Waals surface area contributed by atoms with Crippen molar-refractivity contribution in [3.8, 4) is 0 Å². The van der Waals surface area contributed by atoms with E-state index in [9.17, 15) is 4.79 Å². The van der Waals surface area contributed by atoms with E-state index in [0.29, 0.717) is 0 Å². The van der Waals surface area contributed by atoms with E-state index in [2.05, 4.69) is 5.32 Å². The van der Waals surface area contributed by atoms with Gasteiger partial charge in [0.15, 0.2) is 0 Å². The van der Waals surface area contributed by atoms with Crippen molar-refractivity contribution in [2.24, 2.45) is 5.92 Å². The minimum atomic E-state index is -0.830. The van der Waals surface area contributed by atoms with Crippen molar-refractivity contribution in [3.05, 3.63) is 0 Å². The quantitative estimate of drug-likeness (QED) is 0.588. The van der Waals surface area contributed by atoms with Crippen LogP contribution in [0, 0.1) is 5.92 Å². The molecule has 1 fully saturated rings. The maximum absolute atomic E-state index is 10.6. The minimum Gasteiger partial charge on any atom is -0.480 e. The predicted octanol–water partition coefficient (Wildman–Crippen LogP) is 0.210. The Balaban J connectivity index is 2.39. The van der Waals surface area contributed by atoms with E-state index >= 15 is 0 Å². The van der Waals surface area contributed by atoms with Crippen molar-refractivity contribution in [1.29, 1.82) is 0 Å². The van der Waals surface area contributed by atoms with Crippen LogP contribution in [0.25, 0.3) is 0 Å². The first-order valence-corrected chi connectivity index (χ1v) is 4.75. The van der Waals surface area contributed by atoms with Crippen LogP contribution in [0.1, 0.15) is 26.2 Å². The molecule has 0 heterocycles. The molecule has 0 aromatic heterocycles. The van der Waals surface area contributed by atoms with Gasteiger partial charge in [-0.05, 0) is 25.7 Å². The molecule has 0 spiro atoms. The Kier molecular flexibility index (Phi) is 3.69. The highest BCUT2D eigenvalue weighted by molar-refractivity contribution is 5.72. The maximum atomic E-state index is 10.6. The van der Waals surface area contributed by atoms with Gasteiger partial charge in [-0.3, -0.25) is 4.79 Å². The Bertz CT molecular complexity index is 184. The molecule has 0 radical (unpaired) electrons. The number of rotatable bonds is 4. The molecule has 3 atom stereocenters. The average molecular weight is 187 g/mol. The number of hydrogen-bond donors (Lipinski definition) is 3. The molecule has 0 aromatic rings. The largest absolute Gasteiger partial charge is 0.480 e. The second kappa shape index (κ2) is 4.58. The Labute approximate surface area is 78.0 Å². The molecule has 3 unspecified atom stereocenters. The monoisotopic (exact) mass is 187 g/mol. The van der Waals surface area contributed by atoms with Gasteiger partial charge >= 0.3 is 5.97 Å². The van der Waals surface area contributed by atoms with Gasteiger partial charge in [-0.1, -0.05) is 6.42 Å². The summed E-state index contributed by atoms with van der Waals surface area (Å²) in [5.41, 5.74) is 0. The van der Waals surface area contributed by atoms with Crippen LogP contribution in [-0.4, -0.2) is 34.9 Å². The standard InChI is InChI=1S/C9H17NO3/c1-6(9(12)13)10-8-4-2-3-7(8)5-11/h6-8,10-11H,2-5H2,1H3,(H,12,13). The molecule has 4 nitrogen and oxygen atoms in total. The second-order valence-corrected chi connectivity index (χ2v) is 3.71. The fraction of sp³-hybridized carbons (Fsp3) is 0.889. The molecule has 0 aromatic carbocycles. The van der Waals surface area contributed by atoms with Gasteiger partial charge in [0, 0.05) is 12.6 Å². The molecule has 0 bridgehead atoms. The molecule has 0 amide bonds. The number of carbonyl (C=O) groups is 1. The van der Waals surface area contributed by atoms with Crippen molar-refractivity contribution in [2.45, 2.75) is 38.3 Å². The van der Waals surface area contributed by atoms with Crippen molar-refractivity contribution < 1.29 is 15.0 Å². The van der Waals surface area contributed by atoms with Crippen molar-refractivity contribution in [3.63, 3.8) is 0 Å². The third-order valence-electron chi connectivity index (χ3n) is 2.73. The lowest BCUT2D eigenvalue weighted by Crippen LogP contribution is -2.43. The first-order valence-electron chi connectivity index (χ1n) is 4.75. The van der Waals surface area contributed by atoms with Gasteiger partial charge in [-0.15, -0.1) is 0 Å². The topological polar surface area (TPSA) is 69.6 Å². The Morgan fingerprint density at radius 3 is 2.85 bits per heavy atom. The van der Waals surface area contributed by atoms with Crippen LogP contribution < -0.4 is 5.32 Å². The van der Waals surface area contributed by atoms with Crippen molar-refractivity contribution in [1.82, 2.24) is 5.32 Å². The average Bonchev–Trinajstić information content (AvgIpc) is 2.51. The summed E-state index contributed by atoms with van der Waals surface area (Å²) >= 11 is 0. The van der Waals surface area contributed by atoms with Gasteiger partial charge in [-0.25, -0.2) is 0 Å². The lowest BCUT2D eigenvalue weighted by molar-refractivity contribution is -0.139. The number of aliphatic hydroxyl groups excluding tert-OH is 1. The van der Waals surface area contributed by atoms with E-state index in [1.165, 1.54) is 0 Å². The van der Waals surface area contributed by atoms with Gasteiger partial charge < -0.3 is 15.5 Å². The van der Waals surface area contributed by atoms with Crippen LogP contribution in [0.5, 0.6) is 0 Å². The molecule has 1 aliphatic carbocycles. The summed E-state index contributed by atoms with van der Waals surface area (Å²) in [7, 11) is 0. The molecule has 1 rings (SSSR count). The number of nitrogens with one attached hydrogen (secondary N) is 1. The lowest BCUT2D eigenvalue weighted by Gasteiger charge is -2.21. The summed E-state index contributed by atoms with van der Waals surface area (Å²) in [5, 5.41) is 20.7. The molecule has 0 saturated heterocycles. The zero-order valence-corrected chi connectivity index (χ0v) is 7.86. The summed E-state index contributed by atoms with van der Waals surface area (Å²) in [4.78, 5) is 10.6. The van der Waals surface area contributed by atoms with Crippen LogP contribution in [0.4, 0.5) is 0 Å². The number of carboxylic acids is 1. The van der Waals surface area contributed by atoms with E-state index in [0.717, 1.165) is 19.3 Å². The molecule has 4 heteroatoms. The van der Waals surface area contributed by atoms with Crippen molar-refractivity contribution >= 4 is 5.97 Å². The number of aliphatic carboxylic acids is 1. The van der Waals surface area contributed by atoms with E-state index in [4.69, 9.17) is 10.2 Å². The SMILES string of the molecule is CC(NC1CCCC1CO)C(=O)O. The minimum absolute atomic E-state index is 0.157. The zero-order chi connectivity index (χ0) is 9.84. The van der Waals surface area contributed by atoms with Crippen LogP contribution in [0.3, 0.4) is 0 Å². The van der Waals surface area contributed by atoms with Gasteiger partial charge in [0.25, 0.3) is 0 Å². The predicted molar refractivity (Wildman–Crippen MR) is 48.4 cm³/mol. The molecule has 1 aliphatic rings. The van der Waals surface area contributed by atoms with E-state index in [1.807, 2.05) is 0 Å². The highest BCUT2D eigenvalue weighted by Gasteiger charge is 2.28.